The van der Waals surface area contributed by atoms with Crippen LogP contribution in [0.4, 0.5) is 18.9 Å². The molecule has 6 heteroatoms. The number of alkyl halides is 3. The summed E-state index contributed by atoms with van der Waals surface area (Å²) in [7, 11) is 0. The minimum atomic E-state index is -4.30. The fourth-order valence-corrected chi connectivity index (χ4v) is 2.53. The van der Waals surface area contributed by atoms with Crippen LogP contribution in [0.5, 0.6) is 0 Å². The van der Waals surface area contributed by atoms with E-state index < -0.39 is 5.51 Å². The maximum Gasteiger partial charge on any atom is 0.446 e. The summed E-state index contributed by atoms with van der Waals surface area (Å²) in [5.74, 6) is 0. The summed E-state index contributed by atoms with van der Waals surface area (Å²) in [6.07, 6.45) is 1.53. The molecule has 0 saturated carbocycles. The van der Waals surface area contributed by atoms with Crippen LogP contribution in [0, 0.1) is 5.41 Å². The normalized spacial score (nSPS) is 12.5. The number of thioether (sulfide) groups is 1. The Bertz CT molecular complexity index is 411. The van der Waals surface area contributed by atoms with Crippen molar-refractivity contribution in [3.05, 3.63) is 24.3 Å². The highest BCUT2D eigenvalue weighted by atomic mass is 32.2. The third-order valence-electron chi connectivity index (χ3n) is 3.60. The van der Waals surface area contributed by atoms with Gasteiger partial charge >= 0.3 is 5.51 Å². The van der Waals surface area contributed by atoms with Gasteiger partial charge in [-0.2, -0.15) is 13.2 Å². The number of hydrogen-bond acceptors (Lipinski definition) is 3. The van der Waals surface area contributed by atoms with Gasteiger partial charge in [-0.15, -0.1) is 0 Å². The van der Waals surface area contributed by atoms with E-state index in [1.807, 2.05) is 13.8 Å². The first-order chi connectivity index (χ1) is 9.36. The summed E-state index contributed by atoms with van der Waals surface area (Å²) in [5, 5.41) is 12.5. The van der Waals surface area contributed by atoms with Gasteiger partial charge in [-0.3, -0.25) is 0 Å². The van der Waals surface area contributed by atoms with Crippen LogP contribution in [0.15, 0.2) is 29.2 Å². The van der Waals surface area contributed by atoms with E-state index in [1.54, 1.807) is 18.2 Å². The molecule has 0 heterocycles. The van der Waals surface area contributed by atoms with Gasteiger partial charge in [0.05, 0.1) is 6.61 Å². The summed E-state index contributed by atoms with van der Waals surface area (Å²) in [6, 6.07) is 6.35. The predicted octanol–water partition coefficient (Wildman–Crippen LogP) is 4.51. The lowest BCUT2D eigenvalue weighted by atomic mass is 9.83. The Morgan fingerprint density at radius 3 is 2.25 bits per heavy atom. The van der Waals surface area contributed by atoms with E-state index in [0.29, 0.717) is 12.2 Å². The second-order valence-corrected chi connectivity index (χ2v) is 5.87. The number of para-hydroxylation sites is 1. The molecule has 0 bridgehead atoms. The van der Waals surface area contributed by atoms with Crippen LogP contribution in [0.1, 0.15) is 26.7 Å². The molecule has 0 atom stereocenters. The lowest BCUT2D eigenvalue weighted by Crippen LogP contribution is -2.32. The molecule has 1 rings (SSSR count). The Kier molecular flexibility index (Phi) is 6.20. The largest absolute Gasteiger partial charge is 0.446 e. The van der Waals surface area contributed by atoms with E-state index in [9.17, 15) is 18.3 Å². The molecular formula is C14H20F3NOS. The second-order valence-electron chi connectivity index (χ2n) is 4.76. The molecule has 0 aliphatic rings. The predicted molar refractivity (Wildman–Crippen MR) is 76.9 cm³/mol. The van der Waals surface area contributed by atoms with E-state index in [4.69, 9.17) is 0 Å². The third-order valence-corrected chi connectivity index (χ3v) is 4.41. The van der Waals surface area contributed by atoms with E-state index in [-0.39, 0.29) is 28.7 Å². The highest BCUT2D eigenvalue weighted by Gasteiger charge is 2.31. The van der Waals surface area contributed by atoms with Gasteiger partial charge in [0.25, 0.3) is 0 Å². The van der Waals surface area contributed by atoms with Crippen LogP contribution in [0.25, 0.3) is 0 Å². The first kappa shape index (κ1) is 17.2. The Morgan fingerprint density at radius 1 is 1.15 bits per heavy atom. The molecule has 0 aromatic heterocycles. The summed E-state index contributed by atoms with van der Waals surface area (Å²) in [6.45, 7) is 4.41. The monoisotopic (exact) mass is 307 g/mol. The average Bonchev–Trinajstić information content (AvgIpc) is 2.41. The number of aliphatic hydroxyl groups excluding tert-OH is 1. The Balaban J connectivity index is 2.82. The van der Waals surface area contributed by atoms with Crippen LogP contribution in [0.3, 0.4) is 0 Å². The molecule has 2 N–H and O–H groups in total. The lowest BCUT2D eigenvalue weighted by molar-refractivity contribution is -0.0327. The van der Waals surface area contributed by atoms with E-state index in [2.05, 4.69) is 5.32 Å². The molecule has 0 amide bonds. The standard InChI is InChI=1S/C14H20F3NOS/c1-3-13(4-2,10-19)9-18-11-7-5-6-8-12(11)20-14(15,16)17/h5-8,18-19H,3-4,9-10H2,1-2H3. The van der Waals surface area contributed by atoms with Crippen molar-refractivity contribution in [1.82, 2.24) is 0 Å². The van der Waals surface area contributed by atoms with Crippen LogP contribution in [-0.4, -0.2) is 23.8 Å². The molecule has 20 heavy (non-hydrogen) atoms. The highest BCUT2D eigenvalue weighted by Crippen LogP contribution is 2.40. The molecule has 1 aromatic carbocycles. The maximum atomic E-state index is 12.5. The van der Waals surface area contributed by atoms with Crippen LogP contribution >= 0.6 is 11.8 Å². The summed E-state index contributed by atoms with van der Waals surface area (Å²) < 4.78 is 37.5. The number of benzene rings is 1. The topological polar surface area (TPSA) is 32.3 Å². The number of aliphatic hydroxyl groups is 1. The molecule has 2 nitrogen and oxygen atoms in total. The van der Waals surface area contributed by atoms with Crippen LogP contribution in [-0.2, 0) is 0 Å². The zero-order valence-electron chi connectivity index (χ0n) is 11.6. The van der Waals surface area contributed by atoms with Crippen molar-refractivity contribution in [2.45, 2.75) is 37.1 Å². The van der Waals surface area contributed by atoms with E-state index in [0.717, 1.165) is 12.8 Å². The van der Waals surface area contributed by atoms with Crippen molar-refractivity contribution >= 4 is 17.4 Å². The first-order valence-electron chi connectivity index (χ1n) is 6.55. The van der Waals surface area contributed by atoms with Gasteiger partial charge in [-0.25, -0.2) is 0 Å². The zero-order valence-corrected chi connectivity index (χ0v) is 12.4. The summed E-state index contributed by atoms with van der Waals surface area (Å²) >= 11 is -0.124. The number of hydrogen-bond donors (Lipinski definition) is 2. The van der Waals surface area contributed by atoms with Crippen molar-refractivity contribution in [1.29, 1.82) is 0 Å². The van der Waals surface area contributed by atoms with Gasteiger partial charge in [0.1, 0.15) is 0 Å². The van der Waals surface area contributed by atoms with Crippen molar-refractivity contribution in [2.24, 2.45) is 5.41 Å². The fraction of sp³-hybridized carbons (Fsp3) is 0.571. The fourth-order valence-electron chi connectivity index (χ4n) is 1.89. The molecule has 0 fully saturated rings. The van der Waals surface area contributed by atoms with E-state index in [1.165, 1.54) is 6.07 Å². The Hall–Kier alpha value is -0.880. The number of halogens is 3. The highest BCUT2D eigenvalue weighted by molar-refractivity contribution is 8.00. The smallest absolute Gasteiger partial charge is 0.396 e. The van der Waals surface area contributed by atoms with Crippen LogP contribution < -0.4 is 5.32 Å². The van der Waals surface area contributed by atoms with Gasteiger partial charge in [-0.1, -0.05) is 26.0 Å². The molecule has 0 saturated heterocycles. The minimum Gasteiger partial charge on any atom is -0.396 e. The number of nitrogens with one attached hydrogen (secondary N) is 1. The van der Waals surface area contributed by atoms with Crippen molar-refractivity contribution < 1.29 is 18.3 Å². The molecule has 0 aliphatic carbocycles. The van der Waals surface area contributed by atoms with Gasteiger partial charge in [0, 0.05) is 22.5 Å². The van der Waals surface area contributed by atoms with E-state index >= 15 is 0 Å². The van der Waals surface area contributed by atoms with Gasteiger partial charge in [0.2, 0.25) is 0 Å². The van der Waals surface area contributed by atoms with Crippen LogP contribution in [0.2, 0.25) is 0 Å². The van der Waals surface area contributed by atoms with Gasteiger partial charge < -0.3 is 10.4 Å². The molecule has 114 valence electrons. The second kappa shape index (κ2) is 7.22. The SMILES string of the molecule is CCC(CC)(CO)CNc1ccccc1SC(F)(F)F. The maximum absolute atomic E-state index is 12.5. The molecular weight excluding hydrogens is 287 g/mol. The number of rotatable bonds is 7. The van der Waals surface area contributed by atoms with Crippen molar-refractivity contribution in [3.8, 4) is 0 Å². The lowest BCUT2D eigenvalue weighted by Gasteiger charge is -2.30. The van der Waals surface area contributed by atoms with Gasteiger partial charge in [-0.05, 0) is 36.7 Å². The first-order valence-corrected chi connectivity index (χ1v) is 7.37. The Labute approximate surface area is 121 Å². The van der Waals surface area contributed by atoms with Crippen molar-refractivity contribution in [2.75, 3.05) is 18.5 Å². The molecule has 0 radical (unpaired) electrons. The zero-order chi connectivity index (χ0) is 15.2. The summed E-state index contributed by atoms with van der Waals surface area (Å²) in [4.78, 5) is 0.152. The average molecular weight is 307 g/mol. The molecule has 0 spiro atoms. The third kappa shape index (κ3) is 4.90. The minimum absolute atomic E-state index is 0.0155. The quantitative estimate of drug-likeness (QED) is 0.727. The van der Waals surface area contributed by atoms with Gasteiger partial charge in [0.15, 0.2) is 0 Å². The number of anilines is 1. The Morgan fingerprint density at radius 2 is 1.75 bits per heavy atom. The molecule has 1 aromatic rings. The molecule has 0 aliphatic heterocycles. The summed E-state index contributed by atoms with van der Waals surface area (Å²) in [5.41, 5.74) is -4.15. The molecule has 0 unspecified atom stereocenters. The van der Waals surface area contributed by atoms with Crippen molar-refractivity contribution in [3.63, 3.8) is 0 Å².